The molecule has 0 aliphatic rings. The molecule has 2 N–H and O–H groups in total. The van der Waals surface area contributed by atoms with Gasteiger partial charge in [0.15, 0.2) is 5.82 Å². The maximum atomic E-state index is 13.4. The predicted molar refractivity (Wildman–Crippen MR) is 67.0 cm³/mol. The number of hydrogen-bond acceptors (Lipinski definition) is 2. The Morgan fingerprint density at radius 2 is 2.00 bits per heavy atom. The number of rotatable bonds is 4. The highest BCUT2D eigenvalue weighted by Crippen LogP contribution is 2.33. The maximum absolute atomic E-state index is 13.4. The van der Waals surface area contributed by atoms with Crippen LogP contribution >= 0.6 is 43.5 Å². The normalized spacial score (nSPS) is 12.6. The molecule has 0 spiro atoms. The van der Waals surface area contributed by atoms with Gasteiger partial charge in [-0.1, -0.05) is 0 Å². The number of nitrogens with one attached hydrogen (secondary N) is 1. The van der Waals surface area contributed by atoms with Crippen molar-refractivity contribution in [2.24, 2.45) is 0 Å². The zero-order valence-corrected chi connectivity index (χ0v) is 11.8. The quantitative estimate of drug-likeness (QED) is 0.477. The molecule has 0 heterocycles. The van der Waals surface area contributed by atoms with Gasteiger partial charge in [0.2, 0.25) is 0 Å². The Bertz CT molecular complexity index is 392. The van der Waals surface area contributed by atoms with Crippen molar-refractivity contribution in [2.45, 2.75) is 6.10 Å². The first kappa shape index (κ1) is 14.2. The molecule has 1 atom stereocenters. The second-order valence-corrected chi connectivity index (χ2v) is 4.93. The summed E-state index contributed by atoms with van der Waals surface area (Å²) in [5.74, 6) is -1.40. The van der Waals surface area contributed by atoms with Crippen molar-refractivity contribution in [3.63, 3.8) is 0 Å². The topological polar surface area (TPSA) is 32.3 Å². The van der Waals surface area contributed by atoms with Crippen molar-refractivity contribution in [1.82, 2.24) is 0 Å². The van der Waals surface area contributed by atoms with Gasteiger partial charge in [0.25, 0.3) is 0 Å². The van der Waals surface area contributed by atoms with Gasteiger partial charge in [-0.2, -0.15) is 0 Å². The lowest BCUT2D eigenvalue weighted by Gasteiger charge is -2.13. The SMILES string of the molecule is OC(CCl)CNc1cc(F)c(Br)c(F)c1Br. The number of aliphatic hydroxyl groups is 1. The fourth-order valence-corrected chi connectivity index (χ4v) is 2.12. The van der Waals surface area contributed by atoms with Gasteiger partial charge in [0.1, 0.15) is 5.82 Å². The van der Waals surface area contributed by atoms with E-state index in [0.717, 1.165) is 6.07 Å². The maximum Gasteiger partial charge on any atom is 0.156 e. The molecule has 1 rings (SSSR count). The highest BCUT2D eigenvalue weighted by Gasteiger charge is 2.15. The van der Waals surface area contributed by atoms with E-state index < -0.39 is 17.7 Å². The van der Waals surface area contributed by atoms with E-state index >= 15 is 0 Å². The van der Waals surface area contributed by atoms with Gasteiger partial charge in [-0.05, 0) is 37.9 Å². The van der Waals surface area contributed by atoms with E-state index in [1.807, 2.05) is 0 Å². The fourth-order valence-electron chi connectivity index (χ4n) is 0.984. The van der Waals surface area contributed by atoms with Crippen molar-refractivity contribution < 1.29 is 13.9 Å². The molecule has 2 nitrogen and oxygen atoms in total. The van der Waals surface area contributed by atoms with E-state index in [-0.39, 0.29) is 27.1 Å². The Morgan fingerprint density at radius 1 is 1.38 bits per heavy atom. The first-order valence-corrected chi connectivity index (χ1v) is 6.40. The summed E-state index contributed by atoms with van der Waals surface area (Å²) >= 11 is 11.2. The van der Waals surface area contributed by atoms with Gasteiger partial charge < -0.3 is 10.4 Å². The minimum absolute atomic E-state index is 0.0477. The molecular weight excluding hydrogens is 371 g/mol. The molecule has 90 valence electrons. The van der Waals surface area contributed by atoms with Gasteiger partial charge >= 0.3 is 0 Å². The Kier molecular flexibility index (Phi) is 5.43. The third-order valence-corrected chi connectivity index (χ3v) is 3.67. The average molecular weight is 379 g/mol. The monoisotopic (exact) mass is 377 g/mol. The third kappa shape index (κ3) is 3.29. The van der Waals surface area contributed by atoms with Crippen LogP contribution in [-0.2, 0) is 0 Å². The van der Waals surface area contributed by atoms with E-state index in [4.69, 9.17) is 11.6 Å². The highest BCUT2D eigenvalue weighted by molar-refractivity contribution is 9.11. The van der Waals surface area contributed by atoms with Crippen LogP contribution in [0.1, 0.15) is 0 Å². The van der Waals surface area contributed by atoms with Crippen molar-refractivity contribution in [3.8, 4) is 0 Å². The van der Waals surface area contributed by atoms with Crippen LogP contribution in [0, 0.1) is 11.6 Å². The van der Waals surface area contributed by atoms with E-state index in [2.05, 4.69) is 37.2 Å². The Balaban J connectivity index is 2.89. The van der Waals surface area contributed by atoms with Crippen LogP contribution in [0.4, 0.5) is 14.5 Å². The molecule has 0 bridgehead atoms. The first-order chi connectivity index (χ1) is 7.47. The van der Waals surface area contributed by atoms with Crippen LogP contribution in [0.25, 0.3) is 0 Å². The first-order valence-electron chi connectivity index (χ1n) is 4.28. The predicted octanol–water partition coefficient (Wildman–Crippen LogP) is 3.50. The average Bonchev–Trinajstić information content (AvgIpc) is 2.28. The standard InChI is InChI=1S/C9H8Br2ClF2NO/c10-7-5(13)1-6(8(11)9(7)14)15-3-4(16)2-12/h1,4,15-16H,2-3H2. The third-order valence-electron chi connectivity index (χ3n) is 1.81. The number of hydrogen-bond donors (Lipinski definition) is 2. The molecule has 0 fully saturated rings. The number of halogens is 5. The van der Waals surface area contributed by atoms with Crippen LogP contribution in [0.3, 0.4) is 0 Å². The molecule has 0 saturated carbocycles. The van der Waals surface area contributed by atoms with Crippen LogP contribution in [0.5, 0.6) is 0 Å². The Hall–Kier alpha value is 0.0900. The minimum Gasteiger partial charge on any atom is -0.390 e. The second kappa shape index (κ2) is 6.14. The molecule has 0 aliphatic carbocycles. The van der Waals surface area contributed by atoms with E-state index in [1.165, 1.54) is 0 Å². The Labute approximate surface area is 113 Å². The summed E-state index contributed by atoms with van der Waals surface area (Å²) in [7, 11) is 0. The van der Waals surface area contributed by atoms with E-state index in [9.17, 15) is 13.9 Å². The van der Waals surface area contributed by atoms with E-state index in [1.54, 1.807) is 0 Å². The molecular formula is C9H8Br2ClF2NO. The molecule has 1 unspecified atom stereocenters. The minimum atomic E-state index is -0.775. The van der Waals surface area contributed by atoms with Gasteiger partial charge in [-0.15, -0.1) is 11.6 Å². The summed E-state index contributed by atoms with van der Waals surface area (Å²) < 4.78 is 26.5. The zero-order valence-electron chi connectivity index (χ0n) is 7.91. The Morgan fingerprint density at radius 3 is 2.56 bits per heavy atom. The van der Waals surface area contributed by atoms with Crippen molar-refractivity contribution in [1.29, 1.82) is 0 Å². The summed E-state index contributed by atoms with van der Waals surface area (Å²) in [4.78, 5) is 0. The summed E-state index contributed by atoms with van der Waals surface area (Å²) in [6, 6.07) is 1.12. The largest absolute Gasteiger partial charge is 0.390 e. The zero-order chi connectivity index (χ0) is 12.3. The number of benzene rings is 1. The molecule has 0 radical (unpaired) electrons. The van der Waals surface area contributed by atoms with Gasteiger partial charge in [0, 0.05) is 6.54 Å². The smallest absolute Gasteiger partial charge is 0.156 e. The molecule has 16 heavy (non-hydrogen) atoms. The van der Waals surface area contributed by atoms with Crippen LogP contribution in [-0.4, -0.2) is 23.6 Å². The van der Waals surface area contributed by atoms with Gasteiger partial charge in [0.05, 0.1) is 26.6 Å². The lowest BCUT2D eigenvalue weighted by Crippen LogP contribution is -2.21. The summed E-state index contributed by atoms with van der Waals surface area (Å²) in [6.45, 7) is 0.114. The second-order valence-electron chi connectivity index (χ2n) is 3.04. The number of alkyl halides is 1. The lowest BCUT2D eigenvalue weighted by atomic mass is 10.3. The molecule has 0 aromatic heterocycles. The number of aliphatic hydroxyl groups excluding tert-OH is 1. The molecule has 0 saturated heterocycles. The van der Waals surface area contributed by atoms with E-state index in [0.29, 0.717) is 0 Å². The molecule has 0 amide bonds. The van der Waals surface area contributed by atoms with Crippen molar-refractivity contribution >= 4 is 49.1 Å². The molecule has 1 aromatic carbocycles. The van der Waals surface area contributed by atoms with Crippen LogP contribution in [0.2, 0.25) is 0 Å². The molecule has 0 aliphatic heterocycles. The van der Waals surface area contributed by atoms with Crippen LogP contribution in [0.15, 0.2) is 15.0 Å². The lowest BCUT2D eigenvalue weighted by molar-refractivity contribution is 0.211. The molecule has 7 heteroatoms. The van der Waals surface area contributed by atoms with Crippen LogP contribution < -0.4 is 5.32 Å². The summed E-state index contributed by atoms with van der Waals surface area (Å²) in [6.07, 6.45) is -0.775. The molecule has 1 aromatic rings. The fraction of sp³-hybridized carbons (Fsp3) is 0.333. The van der Waals surface area contributed by atoms with Crippen molar-refractivity contribution in [3.05, 3.63) is 26.6 Å². The highest BCUT2D eigenvalue weighted by atomic mass is 79.9. The van der Waals surface area contributed by atoms with Crippen molar-refractivity contribution in [2.75, 3.05) is 17.7 Å². The number of anilines is 1. The van der Waals surface area contributed by atoms with Gasteiger partial charge in [-0.25, -0.2) is 8.78 Å². The van der Waals surface area contributed by atoms with Gasteiger partial charge in [-0.3, -0.25) is 0 Å². The summed E-state index contributed by atoms with van der Waals surface area (Å²) in [5.41, 5.74) is 0.224. The summed E-state index contributed by atoms with van der Waals surface area (Å²) in [5, 5.41) is 11.9.